The summed E-state index contributed by atoms with van der Waals surface area (Å²) in [5.41, 5.74) is 5.31. The van der Waals surface area contributed by atoms with Crippen molar-refractivity contribution < 1.29 is 14.7 Å². The van der Waals surface area contributed by atoms with E-state index in [-0.39, 0.29) is 17.7 Å². The molecule has 0 aromatic heterocycles. The van der Waals surface area contributed by atoms with Gasteiger partial charge in [0.15, 0.2) is 0 Å². The highest BCUT2D eigenvalue weighted by molar-refractivity contribution is 8.01. The molecule has 92 valence electrons. The van der Waals surface area contributed by atoms with Gasteiger partial charge >= 0.3 is 5.97 Å². The Hall–Kier alpha value is -0.750. The van der Waals surface area contributed by atoms with E-state index in [2.05, 4.69) is 0 Å². The fraction of sp³-hybridized carbons (Fsp3) is 0.800. The molecule has 0 spiro atoms. The normalized spacial score (nSPS) is 22.9. The maximum Gasteiger partial charge on any atom is 0.316 e. The number of carboxylic acids is 1. The van der Waals surface area contributed by atoms with Gasteiger partial charge in [-0.3, -0.25) is 9.59 Å². The molecular weight excluding hydrogens is 228 g/mol. The van der Waals surface area contributed by atoms with Crippen molar-refractivity contribution in [3.05, 3.63) is 0 Å². The number of hydrogen-bond acceptors (Lipinski definition) is 4. The Labute approximate surface area is 99.4 Å². The minimum absolute atomic E-state index is 0.0336. The number of likely N-dealkylation sites (tertiary alicyclic amines) is 1. The SMILES string of the molecule is CC(SC1CCCN(C(=O)CN)C1)C(=O)O. The first-order valence-electron chi connectivity index (χ1n) is 5.40. The van der Waals surface area contributed by atoms with Crippen LogP contribution in [0.2, 0.25) is 0 Å². The highest BCUT2D eigenvalue weighted by Gasteiger charge is 2.26. The predicted molar refractivity (Wildman–Crippen MR) is 63.3 cm³/mol. The second-order valence-corrected chi connectivity index (χ2v) is 5.57. The van der Waals surface area contributed by atoms with E-state index in [0.717, 1.165) is 19.4 Å². The maximum absolute atomic E-state index is 11.4. The fourth-order valence-electron chi connectivity index (χ4n) is 1.75. The molecule has 2 atom stereocenters. The molecule has 0 radical (unpaired) electrons. The summed E-state index contributed by atoms with van der Waals surface area (Å²) >= 11 is 1.43. The van der Waals surface area contributed by atoms with E-state index in [4.69, 9.17) is 10.8 Å². The third kappa shape index (κ3) is 3.68. The summed E-state index contributed by atoms with van der Waals surface area (Å²) in [6.45, 7) is 3.08. The third-order valence-electron chi connectivity index (χ3n) is 2.65. The number of nitrogens with zero attached hydrogens (tertiary/aromatic N) is 1. The molecule has 2 unspecified atom stereocenters. The zero-order valence-electron chi connectivity index (χ0n) is 9.39. The molecule has 1 aliphatic heterocycles. The first kappa shape index (κ1) is 13.3. The molecule has 1 fully saturated rings. The molecule has 0 aromatic carbocycles. The van der Waals surface area contributed by atoms with Gasteiger partial charge in [-0.15, -0.1) is 11.8 Å². The van der Waals surface area contributed by atoms with Crippen LogP contribution in [0.1, 0.15) is 19.8 Å². The number of piperidine rings is 1. The molecule has 6 heteroatoms. The first-order chi connectivity index (χ1) is 7.54. The highest BCUT2D eigenvalue weighted by atomic mass is 32.2. The summed E-state index contributed by atoms with van der Waals surface area (Å²) in [7, 11) is 0. The lowest BCUT2D eigenvalue weighted by atomic mass is 10.1. The van der Waals surface area contributed by atoms with E-state index in [1.807, 2.05) is 0 Å². The lowest BCUT2D eigenvalue weighted by Gasteiger charge is -2.32. The zero-order chi connectivity index (χ0) is 12.1. The van der Waals surface area contributed by atoms with Crippen molar-refractivity contribution in [1.82, 2.24) is 4.90 Å². The lowest BCUT2D eigenvalue weighted by molar-refractivity contribution is -0.136. The molecule has 1 saturated heterocycles. The number of amides is 1. The number of thioether (sulfide) groups is 1. The van der Waals surface area contributed by atoms with Crippen molar-refractivity contribution in [1.29, 1.82) is 0 Å². The molecule has 0 bridgehead atoms. The van der Waals surface area contributed by atoms with Crippen molar-refractivity contribution >= 4 is 23.6 Å². The van der Waals surface area contributed by atoms with Gasteiger partial charge in [-0.25, -0.2) is 0 Å². The van der Waals surface area contributed by atoms with Crippen LogP contribution in [0, 0.1) is 0 Å². The zero-order valence-corrected chi connectivity index (χ0v) is 10.2. The van der Waals surface area contributed by atoms with Crippen molar-refractivity contribution in [2.75, 3.05) is 19.6 Å². The molecule has 5 nitrogen and oxygen atoms in total. The standard InChI is InChI=1S/C10H18N2O3S/c1-7(10(14)15)16-8-3-2-4-12(6-8)9(13)5-11/h7-8H,2-6,11H2,1H3,(H,14,15). The Morgan fingerprint density at radius 3 is 2.88 bits per heavy atom. The molecule has 1 amide bonds. The Morgan fingerprint density at radius 2 is 2.31 bits per heavy atom. The van der Waals surface area contributed by atoms with Gasteiger partial charge in [0.05, 0.1) is 11.8 Å². The Morgan fingerprint density at radius 1 is 1.62 bits per heavy atom. The van der Waals surface area contributed by atoms with Crippen LogP contribution in [-0.4, -0.2) is 52.0 Å². The fourth-order valence-corrected chi connectivity index (χ4v) is 3.01. The molecule has 1 aliphatic rings. The van der Waals surface area contributed by atoms with E-state index in [0.29, 0.717) is 6.54 Å². The van der Waals surface area contributed by atoms with Crippen LogP contribution in [0.15, 0.2) is 0 Å². The summed E-state index contributed by atoms with van der Waals surface area (Å²) in [6, 6.07) is 0. The first-order valence-corrected chi connectivity index (χ1v) is 6.35. The largest absolute Gasteiger partial charge is 0.480 e. The lowest BCUT2D eigenvalue weighted by Crippen LogP contribution is -2.44. The molecule has 0 aromatic rings. The second-order valence-electron chi connectivity index (χ2n) is 3.92. The molecule has 1 rings (SSSR count). The molecule has 3 N–H and O–H groups in total. The Balaban J connectivity index is 2.44. The number of nitrogens with two attached hydrogens (primary N) is 1. The van der Waals surface area contributed by atoms with Gasteiger partial charge in [0.25, 0.3) is 0 Å². The highest BCUT2D eigenvalue weighted by Crippen LogP contribution is 2.26. The molecule has 1 heterocycles. The van der Waals surface area contributed by atoms with Gasteiger partial charge in [0.1, 0.15) is 0 Å². The van der Waals surface area contributed by atoms with Crippen LogP contribution in [0.3, 0.4) is 0 Å². The summed E-state index contributed by atoms with van der Waals surface area (Å²) < 4.78 is 0. The monoisotopic (exact) mass is 246 g/mol. The van der Waals surface area contributed by atoms with Crippen LogP contribution < -0.4 is 5.73 Å². The van der Waals surface area contributed by atoms with Gasteiger partial charge in [0.2, 0.25) is 5.91 Å². The number of hydrogen-bond donors (Lipinski definition) is 2. The molecular formula is C10H18N2O3S. The second kappa shape index (κ2) is 6.10. The number of carbonyl (C=O) groups excluding carboxylic acids is 1. The van der Waals surface area contributed by atoms with Crippen LogP contribution in [0.25, 0.3) is 0 Å². The van der Waals surface area contributed by atoms with E-state index >= 15 is 0 Å². The van der Waals surface area contributed by atoms with Crippen LogP contribution in [0.4, 0.5) is 0 Å². The minimum atomic E-state index is -0.799. The molecule has 0 saturated carbocycles. The Kier molecular flexibility index (Phi) is 5.08. The number of rotatable bonds is 4. The minimum Gasteiger partial charge on any atom is -0.480 e. The third-order valence-corrected chi connectivity index (χ3v) is 4.03. The van der Waals surface area contributed by atoms with Crippen LogP contribution in [0.5, 0.6) is 0 Å². The van der Waals surface area contributed by atoms with Gasteiger partial charge in [-0.05, 0) is 19.8 Å². The Bertz CT molecular complexity index is 273. The van der Waals surface area contributed by atoms with E-state index < -0.39 is 11.2 Å². The molecule has 16 heavy (non-hydrogen) atoms. The van der Waals surface area contributed by atoms with Crippen molar-refractivity contribution in [3.8, 4) is 0 Å². The van der Waals surface area contributed by atoms with Gasteiger partial charge in [-0.2, -0.15) is 0 Å². The van der Waals surface area contributed by atoms with Crippen LogP contribution >= 0.6 is 11.8 Å². The smallest absolute Gasteiger partial charge is 0.316 e. The van der Waals surface area contributed by atoms with Crippen molar-refractivity contribution in [2.45, 2.75) is 30.3 Å². The predicted octanol–water partition coefficient (Wildman–Crippen LogP) is 0.142. The summed E-state index contributed by atoms with van der Waals surface area (Å²) in [5.74, 6) is -0.847. The topological polar surface area (TPSA) is 83.6 Å². The van der Waals surface area contributed by atoms with E-state index in [1.165, 1.54) is 11.8 Å². The number of carboxylic acid groups (broad SMARTS) is 1. The average Bonchev–Trinajstić information content (AvgIpc) is 2.28. The molecule has 0 aliphatic carbocycles. The van der Waals surface area contributed by atoms with Crippen molar-refractivity contribution in [3.63, 3.8) is 0 Å². The van der Waals surface area contributed by atoms with E-state index in [9.17, 15) is 9.59 Å². The quantitative estimate of drug-likeness (QED) is 0.737. The summed E-state index contributed by atoms with van der Waals surface area (Å²) in [4.78, 5) is 23.9. The number of aliphatic carboxylic acids is 1. The van der Waals surface area contributed by atoms with Gasteiger partial charge in [-0.1, -0.05) is 0 Å². The summed E-state index contributed by atoms with van der Waals surface area (Å²) in [5, 5.41) is 8.61. The number of carbonyl (C=O) groups is 2. The van der Waals surface area contributed by atoms with E-state index in [1.54, 1.807) is 11.8 Å². The van der Waals surface area contributed by atoms with Gasteiger partial charge < -0.3 is 15.7 Å². The van der Waals surface area contributed by atoms with Gasteiger partial charge in [0, 0.05) is 18.3 Å². The maximum atomic E-state index is 11.4. The average molecular weight is 246 g/mol. The van der Waals surface area contributed by atoms with Crippen molar-refractivity contribution in [2.24, 2.45) is 5.73 Å². The summed E-state index contributed by atoms with van der Waals surface area (Å²) in [6.07, 6.45) is 1.90. The van der Waals surface area contributed by atoms with Crippen LogP contribution in [-0.2, 0) is 9.59 Å².